The van der Waals surface area contributed by atoms with E-state index in [1.807, 2.05) is 6.07 Å². The molecule has 0 aliphatic rings. The summed E-state index contributed by atoms with van der Waals surface area (Å²) >= 11 is 0. The van der Waals surface area contributed by atoms with Crippen molar-refractivity contribution >= 4 is 5.69 Å². The number of nitrogens with two attached hydrogens (primary N) is 1. The van der Waals surface area contributed by atoms with Crippen LogP contribution >= 0.6 is 0 Å². The third-order valence-electron chi connectivity index (χ3n) is 3.14. The monoisotopic (exact) mass is 267 g/mol. The maximum Gasteiger partial charge on any atom is 0.128 e. The van der Waals surface area contributed by atoms with Gasteiger partial charge in [0.15, 0.2) is 0 Å². The van der Waals surface area contributed by atoms with Crippen molar-refractivity contribution in [1.82, 2.24) is 4.90 Å². The Morgan fingerprint density at radius 1 is 1.16 bits per heavy atom. The summed E-state index contributed by atoms with van der Waals surface area (Å²) in [6.45, 7) is 5.42. The molecule has 0 atom stereocenters. The van der Waals surface area contributed by atoms with Crippen molar-refractivity contribution in [1.29, 1.82) is 0 Å². The zero-order valence-corrected chi connectivity index (χ0v) is 12.3. The van der Waals surface area contributed by atoms with Crippen molar-refractivity contribution in [3.05, 3.63) is 29.6 Å². The highest BCUT2D eigenvalue weighted by molar-refractivity contribution is 5.54. The molecule has 0 saturated heterocycles. The molecule has 0 aliphatic heterocycles. The van der Waals surface area contributed by atoms with Gasteiger partial charge in [0.25, 0.3) is 0 Å². The third kappa shape index (κ3) is 4.80. The van der Waals surface area contributed by atoms with Crippen LogP contribution in [0.3, 0.4) is 0 Å². The van der Waals surface area contributed by atoms with Gasteiger partial charge < -0.3 is 15.5 Å². The van der Waals surface area contributed by atoms with Gasteiger partial charge in [0.2, 0.25) is 0 Å². The summed E-state index contributed by atoms with van der Waals surface area (Å²) in [6, 6.07) is 5.30. The fraction of sp³-hybridized carbons (Fsp3) is 0.600. The highest BCUT2D eigenvalue weighted by atomic mass is 19.1. The van der Waals surface area contributed by atoms with E-state index in [-0.39, 0.29) is 5.82 Å². The quantitative estimate of drug-likeness (QED) is 0.783. The SMILES string of the molecule is CCCN(CCN(C)C)c1cccc(F)c1CCN. The van der Waals surface area contributed by atoms with E-state index in [9.17, 15) is 4.39 Å². The molecule has 0 saturated carbocycles. The fourth-order valence-corrected chi connectivity index (χ4v) is 2.18. The van der Waals surface area contributed by atoms with Crippen LogP contribution in [0.5, 0.6) is 0 Å². The number of halogens is 1. The predicted octanol–water partition coefficient (Wildman–Crippen LogP) is 2.10. The zero-order valence-electron chi connectivity index (χ0n) is 12.3. The minimum Gasteiger partial charge on any atom is -0.370 e. The molecule has 0 aliphatic carbocycles. The first-order valence-electron chi connectivity index (χ1n) is 6.97. The van der Waals surface area contributed by atoms with Crippen LogP contribution in [0.15, 0.2) is 18.2 Å². The van der Waals surface area contributed by atoms with Crippen LogP contribution in [0, 0.1) is 5.82 Å². The van der Waals surface area contributed by atoms with E-state index < -0.39 is 0 Å². The smallest absolute Gasteiger partial charge is 0.128 e. The molecule has 1 aromatic carbocycles. The van der Waals surface area contributed by atoms with Crippen LogP contribution in [0.2, 0.25) is 0 Å². The highest BCUT2D eigenvalue weighted by Crippen LogP contribution is 2.24. The van der Waals surface area contributed by atoms with Gasteiger partial charge in [-0.3, -0.25) is 0 Å². The number of benzene rings is 1. The number of likely N-dealkylation sites (N-methyl/N-ethyl adjacent to an activating group) is 1. The van der Waals surface area contributed by atoms with Crippen LogP contribution in [-0.4, -0.2) is 45.2 Å². The largest absolute Gasteiger partial charge is 0.370 e. The number of hydrogen-bond donors (Lipinski definition) is 1. The molecule has 2 N–H and O–H groups in total. The van der Waals surface area contributed by atoms with Crippen molar-refractivity contribution in [2.45, 2.75) is 19.8 Å². The molecule has 1 aromatic rings. The first-order chi connectivity index (χ1) is 9.10. The van der Waals surface area contributed by atoms with Crippen LogP contribution in [-0.2, 0) is 6.42 Å². The van der Waals surface area contributed by atoms with Crippen LogP contribution < -0.4 is 10.6 Å². The van der Waals surface area contributed by atoms with Gasteiger partial charge in [-0.05, 0) is 45.6 Å². The lowest BCUT2D eigenvalue weighted by atomic mass is 10.1. The minimum absolute atomic E-state index is 0.145. The summed E-state index contributed by atoms with van der Waals surface area (Å²) in [5.41, 5.74) is 7.34. The first-order valence-corrected chi connectivity index (χ1v) is 6.97. The van der Waals surface area contributed by atoms with E-state index in [2.05, 4.69) is 30.8 Å². The molecule has 0 unspecified atom stereocenters. The van der Waals surface area contributed by atoms with Crippen LogP contribution in [0.4, 0.5) is 10.1 Å². The number of hydrogen-bond acceptors (Lipinski definition) is 3. The van der Waals surface area contributed by atoms with Gasteiger partial charge in [0.1, 0.15) is 5.82 Å². The van der Waals surface area contributed by atoms with Crippen molar-refractivity contribution in [3.8, 4) is 0 Å². The summed E-state index contributed by atoms with van der Waals surface area (Å²) < 4.78 is 13.9. The van der Waals surface area contributed by atoms with E-state index in [1.54, 1.807) is 6.07 Å². The molecule has 0 aromatic heterocycles. The zero-order chi connectivity index (χ0) is 14.3. The Bertz CT molecular complexity index is 380. The highest BCUT2D eigenvalue weighted by Gasteiger charge is 2.13. The molecule has 0 heterocycles. The topological polar surface area (TPSA) is 32.5 Å². The maximum absolute atomic E-state index is 13.9. The maximum atomic E-state index is 13.9. The lowest BCUT2D eigenvalue weighted by Gasteiger charge is -2.28. The Hall–Kier alpha value is -1.13. The molecule has 0 radical (unpaired) electrons. The summed E-state index contributed by atoms with van der Waals surface area (Å²) in [5, 5.41) is 0. The van der Waals surface area contributed by atoms with E-state index in [0.717, 1.165) is 37.3 Å². The second-order valence-corrected chi connectivity index (χ2v) is 5.07. The minimum atomic E-state index is -0.145. The molecule has 108 valence electrons. The molecular weight excluding hydrogens is 241 g/mol. The first kappa shape index (κ1) is 15.9. The molecule has 0 amide bonds. The molecule has 4 heteroatoms. The molecular formula is C15H26FN3. The van der Waals surface area contributed by atoms with Gasteiger partial charge in [0.05, 0.1) is 0 Å². The number of rotatable bonds is 8. The van der Waals surface area contributed by atoms with Crippen molar-refractivity contribution in [3.63, 3.8) is 0 Å². The molecule has 1 rings (SSSR count). The van der Waals surface area contributed by atoms with E-state index in [1.165, 1.54) is 6.07 Å². The molecule has 19 heavy (non-hydrogen) atoms. The Morgan fingerprint density at radius 3 is 2.47 bits per heavy atom. The lowest BCUT2D eigenvalue weighted by molar-refractivity contribution is 0.412. The standard InChI is InChI=1S/C15H26FN3/c1-4-10-19(12-11-18(2)3)15-7-5-6-14(16)13(15)8-9-17/h5-7H,4,8-12,17H2,1-3H3. The summed E-state index contributed by atoms with van der Waals surface area (Å²) in [4.78, 5) is 4.40. The Kier molecular flexibility index (Phi) is 6.81. The second kappa shape index (κ2) is 8.12. The van der Waals surface area contributed by atoms with E-state index >= 15 is 0 Å². The second-order valence-electron chi connectivity index (χ2n) is 5.07. The number of anilines is 1. The van der Waals surface area contributed by atoms with Crippen LogP contribution in [0.25, 0.3) is 0 Å². The van der Waals surface area contributed by atoms with Crippen molar-refractivity contribution in [2.24, 2.45) is 5.73 Å². The summed E-state index contributed by atoms with van der Waals surface area (Å²) in [7, 11) is 4.10. The van der Waals surface area contributed by atoms with E-state index in [0.29, 0.717) is 13.0 Å². The molecule has 0 spiro atoms. The predicted molar refractivity (Wildman–Crippen MR) is 80.2 cm³/mol. The van der Waals surface area contributed by atoms with Gasteiger partial charge in [-0.25, -0.2) is 4.39 Å². The summed E-state index contributed by atoms with van der Waals surface area (Å²) in [5.74, 6) is -0.145. The third-order valence-corrected chi connectivity index (χ3v) is 3.14. The van der Waals surface area contributed by atoms with Crippen molar-refractivity contribution in [2.75, 3.05) is 45.2 Å². The average Bonchev–Trinajstić information content (AvgIpc) is 2.37. The number of nitrogens with zero attached hydrogens (tertiary/aromatic N) is 2. The Morgan fingerprint density at radius 2 is 1.89 bits per heavy atom. The van der Waals surface area contributed by atoms with Gasteiger partial charge in [-0.1, -0.05) is 13.0 Å². The fourth-order valence-electron chi connectivity index (χ4n) is 2.18. The lowest BCUT2D eigenvalue weighted by Crippen LogP contribution is -2.33. The van der Waals surface area contributed by atoms with E-state index in [4.69, 9.17) is 5.73 Å². The normalized spacial score (nSPS) is 11.1. The van der Waals surface area contributed by atoms with Crippen LogP contribution in [0.1, 0.15) is 18.9 Å². The van der Waals surface area contributed by atoms with Gasteiger partial charge >= 0.3 is 0 Å². The molecule has 0 fully saturated rings. The average molecular weight is 267 g/mol. The molecule has 0 bridgehead atoms. The Labute approximate surface area is 116 Å². The Balaban J connectivity index is 2.96. The van der Waals surface area contributed by atoms with Gasteiger partial charge in [-0.2, -0.15) is 0 Å². The van der Waals surface area contributed by atoms with Gasteiger partial charge in [0, 0.05) is 30.9 Å². The summed E-state index contributed by atoms with van der Waals surface area (Å²) in [6.07, 6.45) is 1.64. The van der Waals surface area contributed by atoms with Gasteiger partial charge in [-0.15, -0.1) is 0 Å². The molecule has 3 nitrogen and oxygen atoms in total. The van der Waals surface area contributed by atoms with Crippen molar-refractivity contribution < 1.29 is 4.39 Å².